The molecule has 0 spiro atoms. The summed E-state index contributed by atoms with van der Waals surface area (Å²) in [6.45, 7) is 10.3. The minimum Gasteiger partial charge on any atom is -0.443 e. The number of carbonyl (C=O) groups excluding carboxylic acids is 1. The van der Waals surface area contributed by atoms with Crippen LogP contribution in [0, 0.1) is 0 Å². The Bertz CT molecular complexity index is 663. The summed E-state index contributed by atoms with van der Waals surface area (Å²) in [5, 5.41) is 1.04. The molecule has 1 aromatic carbocycles. The number of rotatable bonds is 2. The molecule has 0 aliphatic carbocycles. The van der Waals surface area contributed by atoms with Crippen molar-refractivity contribution in [2.24, 2.45) is 5.73 Å². The van der Waals surface area contributed by atoms with Crippen molar-refractivity contribution in [3.8, 4) is 0 Å². The van der Waals surface area contributed by atoms with Gasteiger partial charge in [0, 0.05) is 23.5 Å². The summed E-state index contributed by atoms with van der Waals surface area (Å²) in [6.07, 6.45) is 1.49. The van der Waals surface area contributed by atoms with Gasteiger partial charge in [-0.3, -0.25) is 4.57 Å². The Morgan fingerprint density at radius 3 is 2.38 bits per heavy atom. The normalized spacial score (nSPS) is 12.7. The molecule has 0 aliphatic rings. The van der Waals surface area contributed by atoms with Gasteiger partial charge >= 0.3 is 6.09 Å². The SMILES string of the molecule is CC(C)(C)OC(=O)n1cc(C(C)(C)CN)c2ccccc21. The summed E-state index contributed by atoms with van der Waals surface area (Å²) in [7, 11) is 0. The van der Waals surface area contributed by atoms with Crippen molar-refractivity contribution >= 4 is 17.0 Å². The van der Waals surface area contributed by atoms with Gasteiger partial charge in [-0.15, -0.1) is 0 Å². The fourth-order valence-electron chi connectivity index (χ4n) is 2.29. The maximum Gasteiger partial charge on any atom is 0.419 e. The van der Waals surface area contributed by atoms with Gasteiger partial charge in [0.25, 0.3) is 0 Å². The van der Waals surface area contributed by atoms with Crippen LogP contribution in [-0.4, -0.2) is 22.8 Å². The Morgan fingerprint density at radius 2 is 1.81 bits per heavy atom. The second-order valence-electron chi connectivity index (χ2n) is 7.00. The van der Waals surface area contributed by atoms with Crippen LogP contribution in [0.25, 0.3) is 10.9 Å². The van der Waals surface area contributed by atoms with E-state index in [-0.39, 0.29) is 11.5 Å². The first-order valence-corrected chi connectivity index (χ1v) is 7.20. The van der Waals surface area contributed by atoms with Crippen LogP contribution in [0.5, 0.6) is 0 Å². The highest BCUT2D eigenvalue weighted by molar-refractivity contribution is 5.92. The average Bonchev–Trinajstić information content (AvgIpc) is 2.77. The lowest BCUT2D eigenvalue weighted by Gasteiger charge is -2.22. The second kappa shape index (κ2) is 5.19. The zero-order valence-corrected chi connectivity index (χ0v) is 13.4. The van der Waals surface area contributed by atoms with Crippen LogP contribution in [-0.2, 0) is 10.2 Å². The number of fused-ring (bicyclic) bond motifs is 1. The molecular weight excluding hydrogens is 264 g/mol. The number of hydrogen-bond acceptors (Lipinski definition) is 3. The first-order valence-electron chi connectivity index (χ1n) is 7.20. The molecule has 0 bridgehead atoms. The van der Waals surface area contributed by atoms with Gasteiger partial charge in [-0.25, -0.2) is 4.79 Å². The zero-order valence-electron chi connectivity index (χ0n) is 13.4. The third kappa shape index (κ3) is 3.10. The summed E-state index contributed by atoms with van der Waals surface area (Å²) in [5.41, 5.74) is 7.08. The van der Waals surface area contributed by atoms with Crippen LogP contribution < -0.4 is 5.73 Å². The number of nitrogens with zero attached hydrogens (tertiary/aromatic N) is 1. The molecule has 1 aromatic heterocycles. The lowest BCUT2D eigenvalue weighted by Crippen LogP contribution is -2.28. The molecule has 2 N–H and O–H groups in total. The first-order chi connectivity index (χ1) is 9.65. The van der Waals surface area contributed by atoms with Gasteiger partial charge in [-0.2, -0.15) is 0 Å². The number of para-hydroxylation sites is 1. The monoisotopic (exact) mass is 288 g/mol. The summed E-state index contributed by atoms with van der Waals surface area (Å²) < 4.78 is 7.06. The minimum atomic E-state index is -0.522. The van der Waals surface area contributed by atoms with E-state index in [4.69, 9.17) is 10.5 Å². The van der Waals surface area contributed by atoms with Crippen LogP contribution in [0.1, 0.15) is 40.2 Å². The third-order valence-electron chi connectivity index (χ3n) is 3.54. The molecule has 2 aromatic rings. The van der Waals surface area contributed by atoms with E-state index >= 15 is 0 Å². The number of nitrogens with two attached hydrogens (primary N) is 1. The van der Waals surface area contributed by atoms with Gasteiger partial charge in [-0.1, -0.05) is 32.0 Å². The molecule has 0 radical (unpaired) electrons. The lowest BCUT2D eigenvalue weighted by molar-refractivity contribution is 0.0544. The van der Waals surface area contributed by atoms with Gasteiger partial charge in [0.1, 0.15) is 5.60 Å². The van der Waals surface area contributed by atoms with Crippen molar-refractivity contribution in [1.82, 2.24) is 4.57 Å². The molecule has 0 saturated heterocycles. The largest absolute Gasteiger partial charge is 0.443 e. The van der Waals surface area contributed by atoms with Gasteiger partial charge in [-0.05, 0) is 32.4 Å². The molecule has 0 saturated carbocycles. The first kappa shape index (κ1) is 15.6. The standard InChI is InChI=1S/C17H24N2O2/c1-16(2,3)21-15(20)19-10-13(17(4,5)11-18)12-8-6-7-9-14(12)19/h6-10H,11,18H2,1-5H3. The number of ether oxygens (including phenoxy) is 1. The Morgan fingerprint density at radius 1 is 1.19 bits per heavy atom. The van der Waals surface area contributed by atoms with E-state index in [9.17, 15) is 4.79 Å². The summed E-state index contributed by atoms with van der Waals surface area (Å²) in [4.78, 5) is 12.4. The molecule has 4 heteroatoms. The third-order valence-corrected chi connectivity index (χ3v) is 3.54. The van der Waals surface area contributed by atoms with Crippen LogP contribution >= 0.6 is 0 Å². The molecule has 21 heavy (non-hydrogen) atoms. The fourth-order valence-corrected chi connectivity index (χ4v) is 2.29. The number of benzene rings is 1. The van der Waals surface area contributed by atoms with E-state index in [1.807, 2.05) is 51.2 Å². The van der Waals surface area contributed by atoms with Gasteiger partial charge < -0.3 is 10.5 Å². The van der Waals surface area contributed by atoms with Crippen LogP contribution in [0.2, 0.25) is 0 Å². The topological polar surface area (TPSA) is 57.2 Å². The van der Waals surface area contributed by atoms with E-state index in [2.05, 4.69) is 13.8 Å². The maximum absolute atomic E-state index is 12.4. The molecule has 0 amide bonds. The number of hydrogen-bond donors (Lipinski definition) is 1. The molecule has 1 heterocycles. The van der Waals surface area contributed by atoms with E-state index in [0.717, 1.165) is 16.5 Å². The highest BCUT2D eigenvalue weighted by atomic mass is 16.6. The minimum absolute atomic E-state index is 0.202. The summed E-state index contributed by atoms with van der Waals surface area (Å²) in [5.74, 6) is 0. The molecule has 0 atom stereocenters. The number of aromatic nitrogens is 1. The summed E-state index contributed by atoms with van der Waals surface area (Å²) in [6, 6.07) is 7.83. The lowest BCUT2D eigenvalue weighted by atomic mass is 9.85. The van der Waals surface area contributed by atoms with E-state index in [1.165, 1.54) is 0 Å². The highest BCUT2D eigenvalue weighted by Gasteiger charge is 2.26. The molecule has 0 fully saturated rings. The quantitative estimate of drug-likeness (QED) is 0.917. The van der Waals surface area contributed by atoms with Crippen molar-refractivity contribution < 1.29 is 9.53 Å². The van der Waals surface area contributed by atoms with Crippen molar-refractivity contribution in [3.05, 3.63) is 36.0 Å². The molecule has 0 aliphatic heterocycles. The van der Waals surface area contributed by atoms with Crippen molar-refractivity contribution in [3.63, 3.8) is 0 Å². The van der Waals surface area contributed by atoms with E-state index in [0.29, 0.717) is 6.54 Å². The molecule has 4 nitrogen and oxygen atoms in total. The van der Waals surface area contributed by atoms with Gasteiger partial charge in [0.15, 0.2) is 0 Å². The molecular formula is C17H24N2O2. The van der Waals surface area contributed by atoms with Crippen LogP contribution in [0.15, 0.2) is 30.5 Å². The van der Waals surface area contributed by atoms with Gasteiger partial charge in [0.2, 0.25) is 0 Å². The van der Waals surface area contributed by atoms with Crippen LogP contribution in [0.4, 0.5) is 4.79 Å². The van der Waals surface area contributed by atoms with Crippen molar-refractivity contribution in [1.29, 1.82) is 0 Å². The Balaban J connectivity index is 2.58. The smallest absolute Gasteiger partial charge is 0.419 e. The predicted molar refractivity (Wildman–Crippen MR) is 85.7 cm³/mol. The van der Waals surface area contributed by atoms with Crippen LogP contribution in [0.3, 0.4) is 0 Å². The predicted octanol–water partition coefficient (Wildman–Crippen LogP) is 3.66. The Labute approximate surface area is 125 Å². The maximum atomic E-state index is 12.4. The molecule has 114 valence electrons. The van der Waals surface area contributed by atoms with Gasteiger partial charge in [0.05, 0.1) is 5.52 Å². The molecule has 2 rings (SSSR count). The van der Waals surface area contributed by atoms with E-state index < -0.39 is 5.60 Å². The Kier molecular flexibility index (Phi) is 3.85. The zero-order chi connectivity index (χ0) is 15.8. The fraction of sp³-hybridized carbons (Fsp3) is 0.471. The highest BCUT2D eigenvalue weighted by Crippen LogP contribution is 2.31. The van der Waals surface area contributed by atoms with Crippen molar-refractivity contribution in [2.75, 3.05) is 6.54 Å². The number of carbonyl (C=O) groups is 1. The second-order valence-corrected chi connectivity index (χ2v) is 7.00. The molecule has 0 unspecified atom stereocenters. The van der Waals surface area contributed by atoms with Crippen molar-refractivity contribution in [2.45, 2.75) is 45.6 Å². The summed E-state index contributed by atoms with van der Waals surface area (Å²) >= 11 is 0. The average molecular weight is 288 g/mol. The Hall–Kier alpha value is -1.81. The van der Waals surface area contributed by atoms with E-state index in [1.54, 1.807) is 4.57 Å².